The van der Waals surface area contributed by atoms with E-state index in [1.807, 2.05) is 23.6 Å². The van der Waals surface area contributed by atoms with Crippen LogP contribution in [0, 0.1) is 0 Å². The van der Waals surface area contributed by atoms with Crippen molar-refractivity contribution in [3.63, 3.8) is 0 Å². The lowest BCUT2D eigenvalue weighted by atomic mass is 10.2. The predicted molar refractivity (Wildman–Crippen MR) is 131 cm³/mol. The van der Waals surface area contributed by atoms with Gasteiger partial charge in [-0.3, -0.25) is 9.59 Å². The highest BCUT2D eigenvalue weighted by Crippen LogP contribution is 2.24. The second-order valence-electron chi connectivity index (χ2n) is 6.81. The fourth-order valence-electron chi connectivity index (χ4n) is 3.02. The van der Waals surface area contributed by atoms with Gasteiger partial charge in [0, 0.05) is 25.1 Å². The Balaban J connectivity index is 1.53. The van der Waals surface area contributed by atoms with Gasteiger partial charge in [-0.05, 0) is 37.3 Å². The maximum atomic E-state index is 12.4. The van der Waals surface area contributed by atoms with E-state index < -0.39 is 0 Å². The molecular weight excluding hydrogens is 485 g/mol. The van der Waals surface area contributed by atoms with Gasteiger partial charge in [0.15, 0.2) is 5.16 Å². The molecule has 3 aromatic rings. The summed E-state index contributed by atoms with van der Waals surface area (Å²) in [5.74, 6) is 1.06. The highest BCUT2D eigenvalue weighted by molar-refractivity contribution is 7.99. The van der Waals surface area contributed by atoms with Crippen LogP contribution in [0.15, 0.2) is 47.6 Å². The predicted octanol–water partition coefficient (Wildman–Crippen LogP) is 4.32. The number of aromatic nitrogens is 3. The topological polar surface area (TPSA) is 98.1 Å². The molecule has 2 aromatic carbocycles. The Bertz CT molecular complexity index is 1140. The summed E-state index contributed by atoms with van der Waals surface area (Å²) in [7, 11) is 1.55. The second kappa shape index (κ2) is 11.9. The highest BCUT2D eigenvalue weighted by atomic mass is 35.5. The van der Waals surface area contributed by atoms with Crippen LogP contribution in [-0.4, -0.2) is 46.0 Å². The van der Waals surface area contributed by atoms with Crippen molar-refractivity contribution in [2.75, 3.05) is 24.7 Å². The maximum Gasteiger partial charge on any atom is 0.251 e. The minimum atomic E-state index is -0.251. The minimum Gasteiger partial charge on any atom is -0.495 e. The van der Waals surface area contributed by atoms with E-state index in [9.17, 15) is 9.59 Å². The van der Waals surface area contributed by atoms with Crippen molar-refractivity contribution >= 4 is 52.5 Å². The number of ether oxygens (including phenoxy) is 1. The summed E-state index contributed by atoms with van der Waals surface area (Å²) in [6.07, 6.45) is 0.488. The van der Waals surface area contributed by atoms with Gasteiger partial charge in [-0.15, -0.1) is 10.2 Å². The first-order valence-corrected chi connectivity index (χ1v) is 11.9. The zero-order valence-electron chi connectivity index (χ0n) is 18.1. The van der Waals surface area contributed by atoms with E-state index in [0.717, 1.165) is 5.82 Å². The third kappa shape index (κ3) is 6.63. The van der Waals surface area contributed by atoms with Crippen LogP contribution in [-0.2, 0) is 17.8 Å². The van der Waals surface area contributed by atoms with Crippen molar-refractivity contribution in [1.29, 1.82) is 0 Å². The van der Waals surface area contributed by atoms with Crippen molar-refractivity contribution in [1.82, 2.24) is 20.1 Å². The van der Waals surface area contributed by atoms with E-state index in [4.69, 9.17) is 27.9 Å². The number of hydrogen-bond acceptors (Lipinski definition) is 6. The molecule has 0 saturated carbocycles. The molecule has 0 fully saturated rings. The van der Waals surface area contributed by atoms with E-state index in [1.54, 1.807) is 31.4 Å². The normalized spacial score (nSPS) is 10.7. The largest absolute Gasteiger partial charge is 0.495 e. The Morgan fingerprint density at radius 1 is 1.12 bits per heavy atom. The molecule has 0 atom stereocenters. The summed E-state index contributed by atoms with van der Waals surface area (Å²) < 4.78 is 7.18. The van der Waals surface area contributed by atoms with E-state index in [0.29, 0.717) is 51.7 Å². The van der Waals surface area contributed by atoms with Crippen molar-refractivity contribution in [2.24, 2.45) is 0 Å². The number of amides is 2. The zero-order valence-corrected chi connectivity index (χ0v) is 20.4. The van der Waals surface area contributed by atoms with E-state index in [2.05, 4.69) is 20.8 Å². The average molecular weight is 508 g/mol. The second-order valence-corrected chi connectivity index (χ2v) is 8.57. The number of carbonyl (C=O) groups is 2. The number of rotatable bonds is 10. The third-order valence-corrected chi connectivity index (χ3v) is 6.34. The van der Waals surface area contributed by atoms with Crippen LogP contribution in [0.5, 0.6) is 5.75 Å². The molecule has 33 heavy (non-hydrogen) atoms. The number of para-hydroxylation sites is 2. The average Bonchev–Trinajstić information content (AvgIpc) is 3.21. The Labute approximate surface area is 206 Å². The van der Waals surface area contributed by atoms with Crippen LogP contribution in [0.1, 0.15) is 23.1 Å². The van der Waals surface area contributed by atoms with Gasteiger partial charge in [0.05, 0.1) is 28.6 Å². The molecule has 3 rings (SSSR count). The summed E-state index contributed by atoms with van der Waals surface area (Å²) in [6.45, 7) is 2.98. The molecule has 0 unspecified atom stereocenters. The lowest BCUT2D eigenvalue weighted by molar-refractivity contribution is -0.113. The quantitative estimate of drug-likeness (QED) is 0.396. The Kier molecular flexibility index (Phi) is 8.99. The molecule has 0 spiro atoms. The third-order valence-electron chi connectivity index (χ3n) is 4.64. The number of nitrogens with one attached hydrogen (secondary N) is 2. The number of thioether (sulfide) groups is 1. The maximum absolute atomic E-state index is 12.4. The molecule has 8 nitrogen and oxygen atoms in total. The van der Waals surface area contributed by atoms with E-state index in [-0.39, 0.29) is 17.6 Å². The molecule has 0 radical (unpaired) electrons. The SMILES string of the molecule is CCn1c(CCNC(=O)c2ccc(Cl)c(Cl)c2)nnc1SCC(=O)Nc1ccccc1OC. The van der Waals surface area contributed by atoms with Crippen LogP contribution in [0.2, 0.25) is 10.0 Å². The summed E-state index contributed by atoms with van der Waals surface area (Å²) in [4.78, 5) is 24.7. The van der Waals surface area contributed by atoms with Gasteiger partial charge < -0.3 is 19.9 Å². The van der Waals surface area contributed by atoms with Crippen LogP contribution in [0.4, 0.5) is 5.69 Å². The molecule has 11 heteroatoms. The van der Waals surface area contributed by atoms with Crippen LogP contribution in [0.25, 0.3) is 0 Å². The first-order chi connectivity index (χ1) is 15.9. The molecule has 1 heterocycles. The summed E-state index contributed by atoms with van der Waals surface area (Å²) in [6, 6.07) is 11.9. The van der Waals surface area contributed by atoms with Crippen LogP contribution >= 0.6 is 35.0 Å². The van der Waals surface area contributed by atoms with Gasteiger partial charge in [-0.1, -0.05) is 47.1 Å². The Hall–Kier alpha value is -2.75. The molecule has 0 aliphatic rings. The standard InChI is InChI=1S/C22H23Cl2N5O3S/c1-3-29-19(10-11-25-21(31)14-8-9-15(23)16(24)12-14)27-28-22(29)33-13-20(30)26-17-6-4-5-7-18(17)32-2/h4-9,12H,3,10-11,13H2,1-2H3,(H,25,31)(H,26,30). The van der Waals surface area contributed by atoms with Gasteiger partial charge in [-0.2, -0.15) is 0 Å². The number of carbonyl (C=O) groups excluding carboxylic acids is 2. The number of benzene rings is 2. The lowest BCUT2D eigenvalue weighted by Crippen LogP contribution is -2.26. The molecule has 2 N–H and O–H groups in total. The molecule has 174 valence electrons. The first-order valence-electron chi connectivity index (χ1n) is 10.1. The van der Waals surface area contributed by atoms with Crippen molar-refractivity contribution in [3.05, 3.63) is 63.9 Å². The van der Waals surface area contributed by atoms with Gasteiger partial charge in [0.1, 0.15) is 11.6 Å². The lowest BCUT2D eigenvalue weighted by Gasteiger charge is -2.10. The molecule has 0 saturated heterocycles. The first kappa shape index (κ1) is 24.9. The van der Waals surface area contributed by atoms with E-state index in [1.165, 1.54) is 17.8 Å². The summed E-state index contributed by atoms with van der Waals surface area (Å²) in [5.41, 5.74) is 1.04. The van der Waals surface area contributed by atoms with E-state index >= 15 is 0 Å². The number of methoxy groups -OCH3 is 1. The van der Waals surface area contributed by atoms with Crippen molar-refractivity contribution in [2.45, 2.75) is 25.0 Å². The number of hydrogen-bond donors (Lipinski definition) is 2. The van der Waals surface area contributed by atoms with Crippen molar-refractivity contribution in [3.8, 4) is 5.75 Å². The van der Waals surface area contributed by atoms with Gasteiger partial charge >= 0.3 is 0 Å². The van der Waals surface area contributed by atoms with Crippen LogP contribution in [0.3, 0.4) is 0 Å². The summed E-state index contributed by atoms with van der Waals surface area (Å²) in [5, 5.41) is 15.5. The molecule has 0 aliphatic heterocycles. The fraction of sp³-hybridized carbons (Fsp3) is 0.273. The molecule has 2 amide bonds. The Morgan fingerprint density at radius 3 is 2.64 bits per heavy atom. The number of halogens is 2. The molecule has 0 aliphatic carbocycles. The van der Waals surface area contributed by atoms with Crippen LogP contribution < -0.4 is 15.4 Å². The van der Waals surface area contributed by atoms with Gasteiger partial charge in [-0.25, -0.2) is 0 Å². The zero-order chi connectivity index (χ0) is 23.8. The molecular formula is C22H23Cl2N5O3S. The molecule has 1 aromatic heterocycles. The molecule has 0 bridgehead atoms. The summed E-state index contributed by atoms with van der Waals surface area (Å²) >= 11 is 13.2. The highest BCUT2D eigenvalue weighted by Gasteiger charge is 2.15. The van der Waals surface area contributed by atoms with Gasteiger partial charge in [0.2, 0.25) is 5.91 Å². The van der Waals surface area contributed by atoms with Crippen molar-refractivity contribution < 1.29 is 14.3 Å². The Morgan fingerprint density at radius 2 is 1.91 bits per heavy atom. The fourth-order valence-corrected chi connectivity index (χ4v) is 4.14. The monoisotopic (exact) mass is 507 g/mol. The number of anilines is 1. The van der Waals surface area contributed by atoms with Gasteiger partial charge in [0.25, 0.3) is 5.91 Å². The minimum absolute atomic E-state index is 0.171. The number of nitrogens with zero attached hydrogens (tertiary/aromatic N) is 3. The smallest absolute Gasteiger partial charge is 0.251 e.